The molecule has 3 aliphatic rings. The number of fused-ring (bicyclic) bond motifs is 3. The van der Waals surface area contributed by atoms with Crippen molar-refractivity contribution < 1.29 is 9.59 Å². The second-order valence-electron chi connectivity index (χ2n) is 7.40. The van der Waals surface area contributed by atoms with E-state index >= 15 is 0 Å². The molecule has 2 saturated heterocycles. The quantitative estimate of drug-likeness (QED) is 0.774. The first-order chi connectivity index (χ1) is 12.1. The second-order valence-corrected chi connectivity index (χ2v) is 7.40. The van der Waals surface area contributed by atoms with Gasteiger partial charge in [0.1, 0.15) is 6.04 Å². The van der Waals surface area contributed by atoms with Gasteiger partial charge in [0.15, 0.2) is 0 Å². The summed E-state index contributed by atoms with van der Waals surface area (Å²) in [7, 11) is 3.91. The number of carbonyl (C=O) groups excluding carboxylic acids is 2. The van der Waals surface area contributed by atoms with Gasteiger partial charge in [0.05, 0.1) is 11.4 Å². The van der Waals surface area contributed by atoms with Crippen LogP contribution in [0, 0.1) is 0 Å². The average molecular weight is 342 g/mol. The summed E-state index contributed by atoms with van der Waals surface area (Å²) in [4.78, 5) is 33.7. The van der Waals surface area contributed by atoms with Crippen LogP contribution in [0.5, 0.6) is 0 Å². The van der Waals surface area contributed by atoms with Crippen LogP contribution in [0.2, 0.25) is 0 Å². The number of carbonyl (C=O) groups is 2. The Bertz CT molecular complexity index is 697. The van der Waals surface area contributed by atoms with E-state index in [1.54, 1.807) is 4.90 Å². The number of piperazine rings is 1. The molecule has 3 aliphatic heterocycles. The highest BCUT2D eigenvalue weighted by Gasteiger charge is 2.38. The molecular weight excluding hydrogens is 316 g/mol. The lowest BCUT2D eigenvalue weighted by Gasteiger charge is -2.44. The number of hydrogen-bond donors (Lipinski definition) is 0. The van der Waals surface area contributed by atoms with Crippen LogP contribution < -0.4 is 9.80 Å². The van der Waals surface area contributed by atoms with Crippen molar-refractivity contribution in [1.82, 2.24) is 9.80 Å². The van der Waals surface area contributed by atoms with Crippen molar-refractivity contribution in [3.8, 4) is 0 Å². The lowest BCUT2D eigenvalue weighted by Crippen LogP contribution is -2.54. The summed E-state index contributed by atoms with van der Waals surface area (Å²) in [6.45, 7) is 4.25. The SMILES string of the molecule is CN1CCN(C(=O)c2ccc3c(c2)N(C)C(=O)C2CCCCN32)CC1. The van der Waals surface area contributed by atoms with E-state index in [9.17, 15) is 9.59 Å². The van der Waals surface area contributed by atoms with Crippen molar-refractivity contribution in [3.05, 3.63) is 23.8 Å². The number of nitrogens with zero attached hydrogens (tertiary/aromatic N) is 4. The van der Waals surface area contributed by atoms with Gasteiger partial charge in [0.2, 0.25) is 5.91 Å². The Morgan fingerprint density at radius 3 is 2.52 bits per heavy atom. The summed E-state index contributed by atoms with van der Waals surface area (Å²) in [5.41, 5.74) is 2.63. The molecule has 0 bridgehead atoms. The molecule has 2 fully saturated rings. The van der Waals surface area contributed by atoms with Gasteiger partial charge in [-0.1, -0.05) is 0 Å². The minimum atomic E-state index is -0.0366. The molecule has 0 aliphatic carbocycles. The Balaban J connectivity index is 1.63. The predicted octanol–water partition coefficient (Wildman–Crippen LogP) is 1.41. The van der Waals surface area contributed by atoms with Crippen LogP contribution in [0.1, 0.15) is 29.6 Å². The van der Waals surface area contributed by atoms with Gasteiger partial charge in [-0.2, -0.15) is 0 Å². The van der Waals surface area contributed by atoms with Crippen LogP contribution in [0.25, 0.3) is 0 Å². The van der Waals surface area contributed by atoms with Gasteiger partial charge < -0.3 is 19.6 Å². The number of piperidine rings is 1. The van der Waals surface area contributed by atoms with Crippen molar-refractivity contribution in [3.63, 3.8) is 0 Å². The maximum Gasteiger partial charge on any atom is 0.254 e. The standard InChI is InChI=1S/C19H26N4O2/c1-20-9-11-22(12-10-20)18(24)14-6-7-15-17(13-14)21(2)19(25)16-5-3-4-8-23(15)16/h6-7,13,16H,3-5,8-12H2,1-2H3. The van der Waals surface area contributed by atoms with Gasteiger partial charge in [-0.3, -0.25) is 9.59 Å². The third-order valence-corrected chi connectivity index (χ3v) is 5.80. The molecule has 3 heterocycles. The fourth-order valence-corrected chi connectivity index (χ4v) is 4.18. The van der Waals surface area contributed by atoms with Gasteiger partial charge in [-0.05, 0) is 44.5 Å². The number of likely N-dealkylation sites (N-methyl/N-ethyl adjacent to an activating group) is 2. The number of benzene rings is 1. The molecule has 6 nitrogen and oxygen atoms in total. The number of rotatable bonds is 1. The van der Waals surface area contributed by atoms with Crippen LogP contribution >= 0.6 is 0 Å². The zero-order valence-electron chi connectivity index (χ0n) is 15.1. The first-order valence-electron chi connectivity index (χ1n) is 9.22. The molecule has 25 heavy (non-hydrogen) atoms. The van der Waals surface area contributed by atoms with E-state index in [4.69, 9.17) is 0 Å². The number of amides is 2. The molecule has 0 radical (unpaired) electrons. The fourth-order valence-electron chi connectivity index (χ4n) is 4.18. The zero-order chi connectivity index (χ0) is 17.6. The molecule has 0 saturated carbocycles. The zero-order valence-corrected chi connectivity index (χ0v) is 15.1. The normalized spacial score (nSPS) is 24.2. The van der Waals surface area contributed by atoms with E-state index < -0.39 is 0 Å². The molecule has 1 aromatic rings. The largest absolute Gasteiger partial charge is 0.358 e. The van der Waals surface area contributed by atoms with Crippen LogP contribution in [0.4, 0.5) is 11.4 Å². The molecule has 1 aromatic carbocycles. The summed E-state index contributed by atoms with van der Waals surface area (Å²) in [6.07, 6.45) is 3.15. The smallest absolute Gasteiger partial charge is 0.254 e. The lowest BCUT2D eigenvalue weighted by molar-refractivity contribution is -0.120. The molecule has 6 heteroatoms. The van der Waals surface area contributed by atoms with E-state index in [0.717, 1.165) is 63.4 Å². The highest BCUT2D eigenvalue weighted by molar-refractivity contribution is 6.07. The molecule has 0 aromatic heterocycles. The molecule has 0 spiro atoms. The van der Waals surface area contributed by atoms with Crippen LogP contribution in [0.15, 0.2) is 18.2 Å². The Labute approximate surface area is 149 Å². The monoisotopic (exact) mass is 342 g/mol. The number of hydrogen-bond acceptors (Lipinski definition) is 4. The molecule has 0 N–H and O–H groups in total. The first kappa shape index (κ1) is 16.4. The molecule has 2 amide bonds. The minimum Gasteiger partial charge on any atom is -0.358 e. The van der Waals surface area contributed by atoms with Gasteiger partial charge in [0, 0.05) is 45.3 Å². The molecular formula is C19H26N4O2. The van der Waals surface area contributed by atoms with Gasteiger partial charge in [-0.15, -0.1) is 0 Å². The van der Waals surface area contributed by atoms with Crippen molar-refractivity contribution >= 4 is 23.2 Å². The summed E-state index contributed by atoms with van der Waals surface area (Å²) in [5.74, 6) is 0.217. The van der Waals surface area contributed by atoms with Crippen LogP contribution in [-0.2, 0) is 4.79 Å². The Kier molecular flexibility index (Phi) is 4.15. The lowest BCUT2D eigenvalue weighted by atomic mass is 9.95. The van der Waals surface area contributed by atoms with Crippen molar-refractivity contribution in [2.75, 3.05) is 56.6 Å². The maximum atomic E-state index is 12.9. The van der Waals surface area contributed by atoms with E-state index in [1.807, 2.05) is 30.1 Å². The topological polar surface area (TPSA) is 47.1 Å². The van der Waals surface area contributed by atoms with Crippen molar-refractivity contribution in [2.45, 2.75) is 25.3 Å². The van der Waals surface area contributed by atoms with E-state index in [0.29, 0.717) is 5.56 Å². The second kappa shape index (κ2) is 6.33. The van der Waals surface area contributed by atoms with Gasteiger partial charge in [-0.25, -0.2) is 0 Å². The van der Waals surface area contributed by atoms with Crippen LogP contribution in [0.3, 0.4) is 0 Å². The van der Waals surface area contributed by atoms with E-state index in [1.165, 1.54) is 0 Å². The summed E-state index contributed by atoms with van der Waals surface area (Å²) < 4.78 is 0. The average Bonchev–Trinajstić information content (AvgIpc) is 2.66. The summed E-state index contributed by atoms with van der Waals surface area (Å²) in [6, 6.07) is 5.82. The Hall–Kier alpha value is -2.08. The third kappa shape index (κ3) is 2.78. The summed E-state index contributed by atoms with van der Waals surface area (Å²) >= 11 is 0. The fraction of sp³-hybridized carbons (Fsp3) is 0.579. The minimum absolute atomic E-state index is 0.0366. The first-order valence-corrected chi connectivity index (χ1v) is 9.22. The molecule has 134 valence electrons. The van der Waals surface area contributed by atoms with Crippen LogP contribution in [-0.4, -0.2) is 74.5 Å². The van der Waals surface area contributed by atoms with Crippen molar-refractivity contribution in [2.24, 2.45) is 0 Å². The highest BCUT2D eigenvalue weighted by Crippen LogP contribution is 2.39. The highest BCUT2D eigenvalue weighted by atomic mass is 16.2. The van der Waals surface area contributed by atoms with Gasteiger partial charge >= 0.3 is 0 Å². The van der Waals surface area contributed by atoms with Gasteiger partial charge in [0.25, 0.3) is 5.91 Å². The molecule has 1 atom stereocenters. The maximum absolute atomic E-state index is 12.9. The van der Waals surface area contributed by atoms with E-state index in [-0.39, 0.29) is 17.9 Å². The third-order valence-electron chi connectivity index (χ3n) is 5.80. The summed E-state index contributed by atoms with van der Waals surface area (Å²) in [5, 5.41) is 0. The number of anilines is 2. The van der Waals surface area contributed by atoms with Crippen molar-refractivity contribution in [1.29, 1.82) is 0 Å². The Morgan fingerprint density at radius 1 is 1.00 bits per heavy atom. The Morgan fingerprint density at radius 2 is 1.76 bits per heavy atom. The van der Waals surface area contributed by atoms with E-state index in [2.05, 4.69) is 16.8 Å². The molecule has 1 unspecified atom stereocenters. The predicted molar refractivity (Wildman–Crippen MR) is 98.2 cm³/mol. The molecule has 4 rings (SSSR count).